The molecule has 0 aliphatic rings. The van der Waals surface area contributed by atoms with Crippen molar-refractivity contribution >= 4 is 28.6 Å². The number of nitrogens with zero attached hydrogens (tertiary/aromatic N) is 3. The fraction of sp³-hybridized carbons (Fsp3) is 0.200. The van der Waals surface area contributed by atoms with E-state index in [-0.39, 0.29) is 18.6 Å². The van der Waals surface area contributed by atoms with Gasteiger partial charge in [-0.1, -0.05) is 18.2 Å². The van der Waals surface area contributed by atoms with Gasteiger partial charge >= 0.3 is 5.97 Å². The normalized spacial score (nSPS) is 10.7. The van der Waals surface area contributed by atoms with Gasteiger partial charge in [-0.3, -0.25) is 14.8 Å². The zero-order chi connectivity index (χ0) is 18.5. The zero-order valence-electron chi connectivity index (χ0n) is 14.6. The molecule has 6 nitrogen and oxygen atoms in total. The maximum Gasteiger partial charge on any atom is 0.338 e. The first-order valence-corrected chi connectivity index (χ1v) is 8.31. The van der Waals surface area contributed by atoms with Crippen LogP contribution in [0.4, 0.5) is 5.69 Å². The van der Waals surface area contributed by atoms with E-state index in [1.165, 1.54) is 0 Å². The Morgan fingerprint density at radius 3 is 2.38 bits per heavy atom. The predicted octanol–water partition coefficient (Wildman–Crippen LogP) is 3.23. The van der Waals surface area contributed by atoms with Gasteiger partial charge in [0.15, 0.2) is 6.61 Å². The number of amides is 1. The first-order chi connectivity index (χ1) is 12.6. The quantitative estimate of drug-likeness (QED) is 0.661. The summed E-state index contributed by atoms with van der Waals surface area (Å²) < 4.78 is 5.21. The van der Waals surface area contributed by atoms with E-state index in [0.29, 0.717) is 16.6 Å². The number of fused-ring (bicyclic) bond motifs is 1. The van der Waals surface area contributed by atoms with Gasteiger partial charge < -0.3 is 9.64 Å². The van der Waals surface area contributed by atoms with E-state index in [4.69, 9.17) is 4.74 Å². The standard InChI is InChI=1S/C20H19N3O3/c1-14(2)23(16-6-4-3-5-7-16)19(24)13-26-20(25)15-8-9-17-18(12-15)22-11-10-21-17/h3-12,14H,13H2,1-2H3. The van der Waals surface area contributed by atoms with Crippen molar-refractivity contribution in [2.24, 2.45) is 0 Å². The lowest BCUT2D eigenvalue weighted by Gasteiger charge is -2.26. The molecule has 1 aromatic heterocycles. The summed E-state index contributed by atoms with van der Waals surface area (Å²) in [4.78, 5) is 34.8. The van der Waals surface area contributed by atoms with E-state index in [2.05, 4.69) is 9.97 Å². The van der Waals surface area contributed by atoms with E-state index >= 15 is 0 Å². The number of hydrogen-bond donors (Lipinski definition) is 0. The van der Waals surface area contributed by atoms with Crippen molar-refractivity contribution in [1.82, 2.24) is 9.97 Å². The van der Waals surface area contributed by atoms with E-state index in [0.717, 1.165) is 5.69 Å². The van der Waals surface area contributed by atoms with Crippen LogP contribution in [0.3, 0.4) is 0 Å². The molecular weight excluding hydrogens is 330 g/mol. The monoisotopic (exact) mass is 349 g/mol. The number of carbonyl (C=O) groups excluding carboxylic acids is 2. The van der Waals surface area contributed by atoms with E-state index in [1.807, 2.05) is 44.2 Å². The van der Waals surface area contributed by atoms with Gasteiger partial charge in [0, 0.05) is 24.1 Å². The molecule has 1 heterocycles. The number of carbonyl (C=O) groups is 2. The van der Waals surface area contributed by atoms with Crippen LogP contribution in [0.15, 0.2) is 60.9 Å². The summed E-state index contributed by atoms with van der Waals surface area (Å²) in [6.45, 7) is 3.49. The second-order valence-corrected chi connectivity index (χ2v) is 6.03. The number of rotatable bonds is 5. The number of hydrogen-bond acceptors (Lipinski definition) is 5. The molecule has 0 bridgehead atoms. The van der Waals surface area contributed by atoms with Crippen molar-refractivity contribution in [3.05, 3.63) is 66.5 Å². The zero-order valence-corrected chi connectivity index (χ0v) is 14.6. The molecular formula is C20H19N3O3. The van der Waals surface area contributed by atoms with E-state index in [9.17, 15) is 9.59 Å². The maximum absolute atomic E-state index is 12.6. The highest BCUT2D eigenvalue weighted by molar-refractivity contribution is 5.98. The molecule has 0 radical (unpaired) electrons. The highest BCUT2D eigenvalue weighted by Crippen LogP contribution is 2.17. The number of ether oxygens (including phenoxy) is 1. The molecule has 0 atom stereocenters. The minimum Gasteiger partial charge on any atom is -0.452 e. The fourth-order valence-corrected chi connectivity index (χ4v) is 2.69. The molecule has 0 fully saturated rings. The molecule has 0 spiro atoms. The first-order valence-electron chi connectivity index (χ1n) is 8.31. The number of para-hydroxylation sites is 1. The van der Waals surface area contributed by atoms with Gasteiger partial charge in [0.25, 0.3) is 5.91 Å². The molecule has 3 rings (SSSR count). The van der Waals surface area contributed by atoms with E-state index < -0.39 is 5.97 Å². The van der Waals surface area contributed by atoms with Crippen molar-refractivity contribution in [2.75, 3.05) is 11.5 Å². The number of aromatic nitrogens is 2. The van der Waals surface area contributed by atoms with Crippen LogP contribution in [0.2, 0.25) is 0 Å². The highest BCUT2D eigenvalue weighted by Gasteiger charge is 2.20. The van der Waals surface area contributed by atoms with Crippen LogP contribution in [0.1, 0.15) is 24.2 Å². The Hall–Kier alpha value is -3.28. The molecule has 26 heavy (non-hydrogen) atoms. The Kier molecular flexibility index (Phi) is 5.22. The second kappa shape index (κ2) is 7.74. The number of esters is 1. The average molecular weight is 349 g/mol. The second-order valence-electron chi connectivity index (χ2n) is 6.03. The Balaban J connectivity index is 1.70. The maximum atomic E-state index is 12.6. The average Bonchev–Trinajstić information content (AvgIpc) is 2.66. The van der Waals surface area contributed by atoms with Crippen LogP contribution >= 0.6 is 0 Å². The summed E-state index contributed by atoms with van der Waals surface area (Å²) in [7, 11) is 0. The third kappa shape index (κ3) is 3.85. The first kappa shape index (κ1) is 17.5. The Morgan fingerprint density at radius 1 is 1.00 bits per heavy atom. The third-order valence-electron chi connectivity index (χ3n) is 3.85. The van der Waals surface area contributed by atoms with Crippen molar-refractivity contribution in [1.29, 1.82) is 0 Å². The summed E-state index contributed by atoms with van der Waals surface area (Å²) in [6, 6.07) is 14.2. The molecule has 0 N–H and O–H groups in total. The summed E-state index contributed by atoms with van der Waals surface area (Å²) >= 11 is 0. The molecule has 0 saturated carbocycles. The molecule has 0 saturated heterocycles. The van der Waals surface area contributed by atoms with Crippen LogP contribution in [0.25, 0.3) is 11.0 Å². The lowest BCUT2D eigenvalue weighted by Crippen LogP contribution is -2.39. The van der Waals surface area contributed by atoms with Crippen LogP contribution in [0.5, 0.6) is 0 Å². The molecule has 2 aromatic carbocycles. The third-order valence-corrected chi connectivity index (χ3v) is 3.85. The van der Waals surface area contributed by atoms with E-state index in [1.54, 1.807) is 35.5 Å². The van der Waals surface area contributed by atoms with Gasteiger partial charge in [0.1, 0.15) is 0 Å². The van der Waals surface area contributed by atoms with Crippen molar-refractivity contribution in [3.63, 3.8) is 0 Å². The smallest absolute Gasteiger partial charge is 0.338 e. The van der Waals surface area contributed by atoms with Crippen molar-refractivity contribution < 1.29 is 14.3 Å². The summed E-state index contributed by atoms with van der Waals surface area (Å²) in [5, 5.41) is 0. The molecule has 3 aromatic rings. The fourth-order valence-electron chi connectivity index (χ4n) is 2.69. The topological polar surface area (TPSA) is 72.4 Å². The van der Waals surface area contributed by atoms with Gasteiger partial charge in [0.2, 0.25) is 0 Å². The van der Waals surface area contributed by atoms with Crippen molar-refractivity contribution in [3.8, 4) is 0 Å². The van der Waals surface area contributed by atoms with Gasteiger partial charge in [-0.25, -0.2) is 4.79 Å². The highest BCUT2D eigenvalue weighted by atomic mass is 16.5. The lowest BCUT2D eigenvalue weighted by atomic mass is 10.2. The molecule has 1 amide bonds. The van der Waals surface area contributed by atoms with Gasteiger partial charge in [-0.15, -0.1) is 0 Å². The predicted molar refractivity (Wildman–Crippen MR) is 98.9 cm³/mol. The Labute approximate surface area is 151 Å². The van der Waals surface area contributed by atoms with Gasteiger partial charge in [-0.05, 0) is 44.2 Å². The van der Waals surface area contributed by atoms with Crippen LogP contribution in [0, 0.1) is 0 Å². The minimum atomic E-state index is -0.567. The number of anilines is 1. The molecule has 0 aliphatic heterocycles. The van der Waals surface area contributed by atoms with Crippen molar-refractivity contribution in [2.45, 2.75) is 19.9 Å². The Morgan fingerprint density at radius 2 is 1.69 bits per heavy atom. The molecule has 132 valence electrons. The van der Waals surface area contributed by atoms with Gasteiger partial charge in [-0.2, -0.15) is 0 Å². The van der Waals surface area contributed by atoms with Crippen LogP contribution < -0.4 is 4.90 Å². The van der Waals surface area contributed by atoms with Crippen LogP contribution in [-0.2, 0) is 9.53 Å². The summed E-state index contributed by atoms with van der Waals surface area (Å²) in [5.74, 6) is -0.845. The molecule has 6 heteroatoms. The lowest BCUT2D eigenvalue weighted by molar-refractivity contribution is -0.122. The largest absolute Gasteiger partial charge is 0.452 e. The number of benzene rings is 2. The molecule has 0 unspecified atom stereocenters. The van der Waals surface area contributed by atoms with Gasteiger partial charge in [0.05, 0.1) is 16.6 Å². The molecule has 0 aliphatic carbocycles. The Bertz CT molecular complexity index is 926. The summed E-state index contributed by atoms with van der Waals surface area (Å²) in [5.41, 5.74) is 2.39. The summed E-state index contributed by atoms with van der Waals surface area (Å²) in [6.07, 6.45) is 3.14. The minimum absolute atomic E-state index is 0.0560. The SMILES string of the molecule is CC(C)N(C(=O)COC(=O)c1ccc2nccnc2c1)c1ccccc1. The van der Waals surface area contributed by atoms with Crippen LogP contribution in [-0.4, -0.2) is 34.5 Å².